The Kier molecular flexibility index (Phi) is 4.02. The minimum Gasteiger partial charge on any atom is -0.391 e. The third-order valence-corrected chi connectivity index (χ3v) is 6.15. The summed E-state index contributed by atoms with van der Waals surface area (Å²) < 4.78 is 0. The summed E-state index contributed by atoms with van der Waals surface area (Å²) in [6.45, 7) is 3.32. The van der Waals surface area contributed by atoms with Crippen LogP contribution < -0.4 is 4.90 Å². The fourth-order valence-electron chi connectivity index (χ4n) is 4.03. The van der Waals surface area contributed by atoms with Gasteiger partial charge in [-0.25, -0.2) is 9.97 Å². The molecule has 4 heterocycles. The quantitative estimate of drug-likeness (QED) is 0.592. The predicted molar refractivity (Wildman–Crippen MR) is 109 cm³/mol. The summed E-state index contributed by atoms with van der Waals surface area (Å²) in [5, 5.41) is 15.0. The van der Waals surface area contributed by atoms with Crippen molar-refractivity contribution in [2.45, 2.75) is 19.4 Å². The molecule has 0 bridgehead atoms. The molecule has 1 N–H and O–H groups in total. The van der Waals surface area contributed by atoms with Crippen LogP contribution in [-0.2, 0) is 6.42 Å². The third-order valence-electron chi connectivity index (χ3n) is 5.34. The lowest BCUT2D eigenvalue weighted by atomic mass is 9.94. The van der Waals surface area contributed by atoms with E-state index in [1.54, 1.807) is 11.3 Å². The molecule has 136 valence electrons. The van der Waals surface area contributed by atoms with Crippen molar-refractivity contribution >= 4 is 38.3 Å². The number of pyridine rings is 1. The Morgan fingerprint density at radius 2 is 2.00 bits per heavy atom. The fourth-order valence-corrected chi connectivity index (χ4v) is 4.83. The Hall–Kier alpha value is -2.57. The van der Waals surface area contributed by atoms with Gasteiger partial charge in [0.15, 0.2) is 0 Å². The molecule has 4 aromatic rings. The lowest BCUT2D eigenvalue weighted by Gasteiger charge is -2.18. The fraction of sp³-hybridized carbons (Fsp3) is 0.286. The maximum atomic E-state index is 10.7. The van der Waals surface area contributed by atoms with E-state index in [1.807, 2.05) is 31.3 Å². The number of rotatable bonds is 3. The maximum absolute atomic E-state index is 10.7. The minimum atomic E-state index is -0.374. The van der Waals surface area contributed by atoms with E-state index in [9.17, 15) is 5.11 Å². The molecule has 0 unspecified atom stereocenters. The summed E-state index contributed by atoms with van der Waals surface area (Å²) in [7, 11) is 0. The average molecular weight is 376 g/mol. The zero-order chi connectivity index (χ0) is 18.4. The summed E-state index contributed by atoms with van der Waals surface area (Å²) in [5.74, 6) is 1.89. The van der Waals surface area contributed by atoms with E-state index in [1.165, 1.54) is 10.9 Å². The first-order valence-corrected chi connectivity index (χ1v) is 10.0. The number of β-amino-alcohol motifs (C(OH)–C–C–N with tert-alkyl or cyclic N) is 1. The van der Waals surface area contributed by atoms with Gasteiger partial charge in [-0.1, -0.05) is 18.2 Å². The van der Waals surface area contributed by atoms with Crippen LogP contribution in [0, 0.1) is 12.8 Å². The number of anilines is 1. The standard InChI is InChI=1S/C21H20N4OS/c1-13-23-20(17-7-9-27-21(17)24-13)25-11-15(19(26)12-25)10-14-6-8-22-18-5-3-2-4-16(14)18/h2-9,15,19,26H,10-12H2,1H3/t15-,19+/m1/s1. The molecule has 0 radical (unpaired) electrons. The molecule has 0 amide bonds. The number of benzene rings is 1. The molecule has 5 rings (SSSR count). The number of para-hydroxylation sites is 1. The molecule has 5 nitrogen and oxygen atoms in total. The van der Waals surface area contributed by atoms with Gasteiger partial charge in [0.2, 0.25) is 0 Å². The molecule has 1 fully saturated rings. The van der Waals surface area contributed by atoms with Gasteiger partial charge in [-0.15, -0.1) is 11.3 Å². The second-order valence-electron chi connectivity index (χ2n) is 7.16. The number of hydrogen-bond donors (Lipinski definition) is 1. The van der Waals surface area contributed by atoms with E-state index in [0.29, 0.717) is 6.54 Å². The highest BCUT2D eigenvalue weighted by molar-refractivity contribution is 7.16. The Morgan fingerprint density at radius 3 is 2.93 bits per heavy atom. The third kappa shape index (κ3) is 2.95. The van der Waals surface area contributed by atoms with Crippen molar-refractivity contribution in [2.24, 2.45) is 5.92 Å². The first-order chi connectivity index (χ1) is 13.2. The Bertz CT molecular complexity index is 1120. The normalized spacial score (nSPS) is 20.0. The first kappa shape index (κ1) is 16.6. The minimum absolute atomic E-state index is 0.166. The summed E-state index contributed by atoms with van der Waals surface area (Å²) in [6.07, 6.45) is 2.32. The van der Waals surface area contributed by atoms with Crippen molar-refractivity contribution in [1.29, 1.82) is 0 Å². The first-order valence-electron chi connectivity index (χ1n) is 9.16. The van der Waals surface area contributed by atoms with Crippen molar-refractivity contribution in [1.82, 2.24) is 15.0 Å². The highest BCUT2D eigenvalue weighted by Crippen LogP contribution is 2.33. The largest absolute Gasteiger partial charge is 0.391 e. The Labute approximate surface area is 161 Å². The van der Waals surface area contributed by atoms with Crippen LogP contribution in [-0.4, -0.2) is 39.3 Å². The van der Waals surface area contributed by atoms with Crippen LogP contribution in [0.25, 0.3) is 21.1 Å². The Balaban J connectivity index is 1.45. The molecule has 0 saturated carbocycles. The van der Waals surface area contributed by atoms with E-state index in [-0.39, 0.29) is 12.0 Å². The predicted octanol–water partition coefficient (Wildman–Crippen LogP) is 3.59. The van der Waals surface area contributed by atoms with Crippen molar-refractivity contribution in [2.75, 3.05) is 18.0 Å². The van der Waals surface area contributed by atoms with E-state index >= 15 is 0 Å². The molecule has 1 aliphatic rings. The van der Waals surface area contributed by atoms with E-state index in [4.69, 9.17) is 0 Å². The molecule has 1 aliphatic heterocycles. The SMILES string of the molecule is Cc1nc(N2C[C@@H](Cc3ccnc4ccccc34)[C@@H](O)C2)c2ccsc2n1. The van der Waals surface area contributed by atoms with Gasteiger partial charge >= 0.3 is 0 Å². The zero-order valence-electron chi connectivity index (χ0n) is 15.0. The molecule has 1 aromatic carbocycles. The van der Waals surface area contributed by atoms with Gasteiger partial charge in [0.1, 0.15) is 16.5 Å². The number of fused-ring (bicyclic) bond motifs is 2. The van der Waals surface area contributed by atoms with Gasteiger partial charge < -0.3 is 10.0 Å². The number of hydrogen-bond acceptors (Lipinski definition) is 6. The number of aryl methyl sites for hydroxylation is 1. The van der Waals surface area contributed by atoms with Crippen LogP contribution in [0.2, 0.25) is 0 Å². The van der Waals surface area contributed by atoms with Crippen LogP contribution in [0.5, 0.6) is 0 Å². The van der Waals surface area contributed by atoms with Gasteiger partial charge in [0.25, 0.3) is 0 Å². The maximum Gasteiger partial charge on any atom is 0.141 e. The summed E-state index contributed by atoms with van der Waals surface area (Å²) in [5.41, 5.74) is 2.25. The van der Waals surface area contributed by atoms with E-state index in [2.05, 4.69) is 43.4 Å². The van der Waals surface area contributed by atoms with Crippen LogP contribution in [0.15, 0.2) is 48.0 Å². The molecule has 3 aromatic heterocycles. The van der Waals surface area contributed by atoms with E-state index in [0.717, 1.165) is 40.3 Å². The van der Waals surface area contributed by atoms with Gasteiger partial charge in [-0.05, 0) is 42.5 Å². The second kappa shape index (κ2) is 6.55. The number of aliphatic hydroxyl groups excluding tert-OH is 1. The van der Waals surface area contributed by atoms with Gasteiger partial charge in [0.05, 0.1) is 17.0 Å². The lowest BCUT2D eigenvalue weighted by Crippen LogP contribution is -2.22. The zero-order valence-corrected chi connectivity index (χ0v) is 15.9. The Morgan fingerprint density at radius 1 is 1.11 bits per heavy atom. The molecule has 1 saturated heterocycles. The van der Waals surface area contributed by atoms with Gasteiger partial charge in [-0.3, -0.25) is 4.98 Å². The number of aliphatic hydroxyl groups is 1. The summed E-state index contributed by atoms with van der Waals surface area (Å²) in [4.78, 5) is 16.9. The smallest absolute Gasteiger partial charge is 0.141 e. The second-order valence-corrected chi connectivity index (χ2v) is 8.05. The number of nitrogens with zero attached hydrogens (tertiary/aromatic N) is 4. The molecule has 0 aliphatic carbocycles. The van der Waals surface area contributed by atoms with Crippen LogP contribution in [0.3, 0.4) is 0 Å². The van der Waals surface area contributed by atoms with Gasteiger partial charge in [0, 0.05) is 30.6 Å². The molecular formula is C21H20N4OS. The summed E-state index contributed by atoms with van der Waals surface area (Å²) >= 11 is 1.63. The van der Waals surface area contributed by atoms with Gasteiger partial charge in [-0.2, -0.15) is 0 Å². The highest BCUT2D eigenvalue weighted by atomic mass is 32.1. The topological polar surface area (TPSA) is 62.1 Å². The van der Waals surface area contributed by atoms with Crippen molar-refractivity contribution in [3.05, 3.63) is 59.4 Å². The molecule has 2 atom stereocenters. The molecule has 0 spiro atoms. The van der Waals surface area contributed by atoms with Crippen LogP contribution in [0.4, 0.5) is 5.82 Å². The van der Waals surface area contributed by atoms with Crippen molar-refractivity contribution in [3.8, 4) is 0 Å². The van der Waals surface area contributed by atoms with Crippen LogP contribution in [0.1, 0.15) is 11.4 Å². The summed E-state index contributed by atoms with van der Waals surface area (Å²) in [6, 6.07) is 12.3. The number of thiophene rings is 1. The molecule has 27 heavy (non-hydrogen) atoms. The lowest BCUT2D eigenvalue weighted by molar-refractivity contribution is 0.148. The highest BCUT2D eigenvalue weighted by Gasteiger charge is 2.33. The molecular weight excluding hydrogens is 356 g/mol. The molecule has 6 heteroatoms. The van der Waals surface area contributed by atoms with Crippen molar-refractivity contribution < 1.29 is 5.11 Å². The van der Waals surface area contributed by atoms with Crippen LogP contribution >= 0.6 is 11.3 Å². The number of aromatic nitrogens is 3. The average Bonchev–Trinajstić information content (AvgIpc) is 3.28. The monoisotopic (exact) mass is 376 g/mol. The van der Waals surface area contributed by atoms with Crippen molar-refractivity contribution in [3.63, 3.8) is 0 Å². The van der Waals surface area contributed by atoms with E-state index < -0.39 is 0 Å².